The molecule has 2 rings (SSSR count). The number of thioether (sulfide) groups is 1. The highest BCUT2D eigenvalue weighted by Gasteiger charge is 2.29. The molecule has 4 heteroatoms. The van der Waals surface area contributed by atoms with Gasteiger partial charge in [-0.3, -0.25) is 4.79 Å². The largest absolute Gasteiger partial charge is 0.342 e. The number of hydrogen-bond acceptors (Lipinski definition) is 3. The van der Waals surface area contributed by atoms with Crippen LogP contribution in [-0.4, -0.2) is 36.7 Å². The van der Waals surface area contributed by atoms with Gasteiger partial charge in [-0.2, -0.15) is 0 Å². The van der Waals surface area contributed by atoms with E-state index in [1.165, 1.54) is 18.4 Å². The second-order valence-corrected chi connectivity index (χ2v) is 6.16. The molecule has 1 aliphatic rings. The summed E-state index contributed by atoms with van der Waals surface area (Å²) in [5.41, 5.74) is 1.26. The summed E-state index contributed by atoms with van der Waals surface area (Å²) in [4.78, 5) is 15.0. The summed E-state index contributed by atoms with van der Waals surface area (Å²) in [6.07, 6.45) is 2.34. The van der Waals surface area contributed by atoms with Crippen LogP contribution < -0.4 is 5.32 Å². The fourth-order valence-electron chi connectivity index (χ4n) is 1.95. The molecule has 1 aromatic rings. The average molecular weight is 278 g/mol. The first-order valence-electron chi connectivity index (χ1n) is 6.77. The number of nitrogens with zero attached hydrogens (tertiary/aromatic N) is 1. The minimum Gasteiger partial charge on any atom is -0.342 e. The van der Waals surface area contributed by atoms with Crippen molar-refractivity contribution in [3.63, 3.8) is 0 Å². The van der Waals surface area contributed by atoms with E-state index in [0.717, 1.165) is 4.90 Å². The first kappa shape index (κ1) is 14.4. The molecule has 0 heterocycles. The first-order valence-corrected chi connectivity index (χ1v) is 7.76. The Morgan fingerprint density at radius 3 is 2.89 bits per heavy atom. The number of benzene rings is 1. The quantitative estimate of drug-likeness (QED) is 0.812. The van der Waals surface area contributed by atoms with E-state index in [4.69, 9.17) is 0 Å². The Bertz CT molecular complexity index is 446. The van der Waals surface area contributed by atoms with Crippen molar-refractivity contribution in [1.29, 1.82) is 0 Å². The second kappa shape index (κ2) is 6.44. The zero-order valence-electron chi connectivity index (χ0n) is 11.8. The van der Waals surface area contributed by atoms with Gasteiger partial charge in [-0.15, -0.1) is 11.8 Å². The average Bonchev–Trinajstić information content (AvgIpc) is 3.28. The molecule has 1 atom stereocenters. The van der Waals surface area contributed by atoms with Crippen molar-refractivity contribution in [2.24, 2.45) is 0 Å². The second-order valence-electron chi connectivity index (χ2n) is 5.11. The molecule has 0 aliphatic heterocycles. The van der Waals surface area contributed by atoms with E-state index in [2.05, 4.69) is 36.5 Å². The van der Waals surface area contributed by atoms with Crippen molar-refractivity contribution in [2.45, 2.75) is 36.7 Å². The van der Waals surface area contributed by atoms with Crippen LogP contribution in [0, 0.1) is 0 Å². The number of hydrogen-bond donors (Lipinski definition) is 1. The fraction of sp³-hybridized carbons (Fsp3) is 0.533. The van der Waals surface area contributed by atoms with Gasteiger partial charge in [0.2, 0.25) is 5.91 Å². The number of amides is 1. The Morgan fingerprint density at radius 1 is 1.53 bits per heavy atom. The summed E-state index contributed by atoms with van der Waals surface area (Å²) < 4.78 is 0. The van der Waals surface area contributed by atoms with Crippen LogP contribution in [0.1, 0.15) is 31.4 Å². The van der Waals surface area contributed by atoms with Crippen LogP contribution >= 0.6 is 11.8 Å². The van der Waals surface area contributed by atoms with Crippen molar-refractivity contribution in [2.75, 3.05) is 19.8 Å². The van der Waals surface area contributed by atoms with Gasteiger partial charge in [-0.25, -0.2) is 0 Å². The maximum atomic E-state index is 12.0. The van der Waals surface area contributed by atoms with Gasteiger partial charge in [0.25, 0.3) is 0 Å². The monoisotopic (exact) mass is 278 g/mol. The van der Waals surface area contributed by atoms with Gasteiger partial charge >= 0.3 is 0 Å². The van der Waals surface area contributed by atoms with Gasteiger partial charge < -0.3 is 10.2 Å². The summed E-state index contributed by atoms with van der Waals surface area (Å²) in [5.74, 6) is 0.768. The molecule has 19 heavy (non-hydrogen) atoms. The summed E-state index contributed by atoms with van der Waals surface area (Å²) in [5, 5.41) is 3.23. The van der Waals surface area contributed by atoms with Crippen LogP contribution in [0.25, 0.3) is 0 Å². The normalized spacial score (nSPS) is 16.2. The Hall–Kier alpha value is -1.00. The summed E-state index contributed by atoms with van der Waals surface area (Å²) in [6.45, 7) is 2.13. The van der Waals surface area contributed by atoms with Crippen molar-refractivity contribution < 1.29 is 4.79 Å². The standard InChI is InChI=1S/C15H22N2OS/c1-11(16-2)12-5-4-6-14(9-12)19-10-15(18)17(3)13-7-8-13/h4-6,9,11,13,16H,7-8,10H2,1-3H3. The highest BCUT2D eigenvalue weighted by molar-refractivity contribution is 8.00. The van der Waals surface area contributed by atoms with Crippen LogP contribution in [-0.2, 0) is 4.79 Å². The van der Waals surface area contributed by atoms with Gasteiger partial charge in [0, 0.05) is 24.0 Å². The van der Waals surface area contributed by atoms with Crippen LogP contribution in [0.15, 0.2) is 29.2 Å². The number of carbonyl (C=O) groups excluding carboxylic acids is 1. The lowest BCUT2D eigenvalue weighted by Crippen LogP contribution is -2.30. The molecular formula is C15H22N2OS. The number of nitrogens with one attached hydrogen (secondary N) is 1. The van der Waals surface area contributed by atoms with E-state index in [1.54, 1.807) is 11.8 Å². The topological polar surface area (TPSA) is 32.3 Å². The molecule has 1 amide bonds. The molecule has 1 aliphatic carbocycles. The SMILES string of the molecule is CNC(C)c1cccc(SCC(=O)N(C)C2CC2)c1. The van der Waals surface area contributed by atoms with Gasteiger partial charge in [-0.1, -0.05) is 12.1 Å². The van der Waals surface area contributed by atoms with Crippen molar-refractivity contribution in [3.8, 4) is 0 Å². The first-order chi connectivity index (χ1) is 9.11. The van der Waals surface area contributed by atoms with Gasteiger partial charge in [0.1, 0.15) is 0 Å². The van der Waals surface area contributed by atoms with Crippen LogP contribution in [0.4, 0.5) is 0 Å². The molecule has 1 N–H and O–H groups in total. The van der Waals surface area contributed by atoms with Gasteiger partial charge in [0.15, 0.2) is 0 Å². The lowest BCUT2D eigenvalue weighted by Gasteiger charge is -2.16. The zero-order chi connectivity index (χ0) is 13.8. The lowest BCUT2D eigenvalue weighted by atomic mass is 10.1. The van der Waals surface area contributed by atoms with Crippen molar-refractivity contribution >= 4 is 17.7 Å². The zero-order valence-corrected chi connectivity index (χ0v) is 12.7. The summed E-state index contributed by atoms with van der Waals surface area (Å²) >= 11 is 1.63. The Morgan fingerprint density at radius 2 is 2.26 bits per heavy atom. The number of carbonyl (C=O) groups is 1. The summed E-state index contributed by atoms with van der Waals surface area (Å²) in [6, 6.07) is 9.25. The molecule has 0 spiro atoms. The Balaban J connectivity index is 1.90. The highest BCUT2D eigenvalue weighted by Crippen LogP contribution is 2.27. The van der Waals surface area contributed by atoms with Crippen LogP contribution in [0.3, 0.4) is 0 Å². The minimum atomic E-state index is 0.236. The smallest absolute Gasteiger partial charge is 0.232 e. The van der Waals surface area contributed by atoms with E-state index < -0.39 is 0 Å². The van der Waals surface area contributed by atoms with Crippen molar-refractivity contribution in [3.05, 3.63) is 29.8 Å². The molecule has 0 bridgehead atoms. The Kier molecular flexibility index (Phi) is 4.88. The lowest BCUT2D eigenvalue weighted by molar-refractivity contribution is -0.127. The fourth-order valence-corrected chi connectivity index (χ4v) is 2.84. The molecule has 1 unspecified atom stereocenters. The highest BCUT2D eigenvalue weighted by atomic mass is 32.2. The van der Waals surface area contributed by atoms with Crippen LogP contribution in [0.2, 0.25) is 0 Å². The molecule has 1 aromatic carbocycles. The van der Waals surface area contributed by atoms with Crippen LogP contribution in [0.5, 0.6) is 0 Å². The predicted octanol–water partition coefficient (Wildman–Crippen LogP) is 2.68. The van der Waals surface area contributed by atoms with Crippen molar-refractivity contribution in [1.82, 2.24) is 10.2 Å². The maximum absolute atomic E-state index is 12.0. The molecule has 3 nitrogen and oxygen atoms in total. The maximum Gasteiger partial charge on any atom is 0.232 e. The molecule has 104 valence electrons. The van der Waals surface area contributed by atoms with Gasteiger partial charge in [0.05, 0.1) is 5.75 Å². The molecule has 0 radical (unpaired) electrons. The molecule has 0 aromatic heterocycles. The van der Waals surface area contributed by atoms with E-state index in [1.807, 2.05) is 19.0 Å². The third kappa shape index (κ3) is 3.98. The number of rotatable bonds is 6. The molecular weight excluding hydrogens is 256 g/mol. The third-order valence-corrected chi connectivity index (χ3v) is 4.62. The van der Waals surface area contributed by atoms with E-state index in [9.17, 15) is 4.79 Å². The van der Waals surface area contributed by atoms with E-state index in [-0.39, 0.29) is 5.91 Å². The minimum absolute atomic E-state index is 0.236. The Labute approximate surface area is 119 Å². The summed E-state index contributed by atoms with van der Waals surface area (Å²) in [7, 11) is 3.87. The van der Waals surface area contributed by atoms with Gasteiger partial charge in [-0.05, 0) is 44.5 Å². The predicted molar refractivity (Wildman–Crippen MR) is 80.4 cm³/mol. The molecule has 0 saturated heterocycles. The third-order valence-electron chi connectivity index (χ3n) is 3.64. The molecule has 1 fully saturated rings. The van der Waals surface area contributed by atoms with E-state index >= 15 is 0 Å². The van der Waals surface area contributed by atoms with E-state index in [0.29, 0.717) is 17.8 Å². The molecule has 1 saturated carbocycles.